The maximum absolute atomic E-state index is 12.7. The Morgan fingerprint density at radius 2 is 2.05 bits per heavy atom. The Morgan fingerprint density at radius 1 is 1.40 bits per heavy atom. The molecule has 0 aromatic heterocycles. The fourth-order valence-electron chi connectivity index (χ4n) is 1.60. The summed E-state index contributed by atoms with van der Waals surface area (Å²) in [6.07, 6.45) is -5.86. The van der Waals surface area contributed by atoms with Crippen LogP contribution >= 0.6 is 0 Å². The number of alkyl halides is 3. The third kappa shape index (κ3) is 5.08. The van der Waals surface area contributed by atoms with E-state index in [2.05, 4.69) is 10.1 Å². The summed E-state index contributed by atoms with van der Waals surface area (Å²) in [5, 5.41) is 12.0. The molecule has 0 radical (unpaired) electrons. The van der Waals surface area contributed by atoms with Crippen LogP contribution in [0.4, 0.5) is 18.9 Å². The molecule has 1 unspecified atom stereocenters. The predicted molar refractivity (Wildman–Crippen MR) is 67.2 cm³/mol. The molecule has 1 aromatic rings. The van der Waals surface area contributed by atoms with Crippen molar-refractivity contribution >= 4 is 11.7 Å². The quantitative estimate of drug-likeness (QED) is 0.790. The number of halogens is 3. The van der Waals surface area contributed by atoms with Gasteiger partial charge < -0.3 is 15.2 Å². The number of esters is 1. The molecule has 0 aliphatic rings. The Kier molecular flexibility index (Phi) is 5.82. The van der Waals surface area contributed by atoms with E-state index in [1.54, 1.807) is 6.92 Å². The van der Waals surface area contributed by atoms with Crippen LogP contribution in [0.3, 0.4) is 0 Å². The smallest absolute Gasteiger partial charge is 0.418 e. The summed E-state index contributed by atoms with van der Waals surface area (Å²) in [7, 11) is 0. The fourth-order valence-corrected chi connectivity index (χ4v) is 1.60. The molecule has 0 saturated heterocycles. The summed E-state index contributed by atoms with van der Waals surface area (Å²) in [6, 6.07) is 4.94. The van der Waals surface area contributed by atoms with Gasteiger partial charge in [-0.1, -0.05) is 12.1 Å². The Bertz CT molecular complexity index is 449. The molecule has 112 valence electrons. The van der Waals surface area contributed by atoms with E-state index < -0.39 is 23.8 Å². The molecule has 0 bridgehead atoms. The van der Waals surface area contributed by atoms with Crippen LogP contribution in [0.1, 0.15) is 18.9 Å². The molecule has 0 aliphatic carbocycles. The monoisotopic (exact) mass is 291 g/mol. The molecule has 0 spiro atoms. The van der Waals surface area contributed by atoms with Crippen LogP contribution in [0.25, 0.3) is 0 Å². The van der Waals surface area contributed by atoms with Crippen molar-refractivity contribution in [2.75, 3.05) is 18.5 Å². The first-order valence-electron chi connectivity index (χ1n) is 6.08. The second-order valence-electron chi connectivity index (χ2n) is 4.09. The first-order chi connectivity index (χ1) is 9.34. The number of para-hydroxylation sites is 1. The molecule has 0 heterocycles. The van der Waals surface area contributed by atoms with Gasteiger partial charge in [0.25, 0.3) is 0 Å². The number of nitrogens with one attached hydrogen (secondary N) is 1. The van der Waals surface area contributed by atoms with Crippen LogP contribution in [-0.2, 0) is 15.7 Å². The van der Waals surface area contributed by atoms with Crippen molar-refractivity contribution in [2.45, 2.75) is 25.6 Å². The van der Waals surface area contributed by atoms with E-state index in [4.69, 9.17) is 0 Å². The first kappa shape index (κ1) is 16.3. The standard InChI is InChI=1S/C13H16F3NO3/c1-2-20-12(19)7-9(18)8-17-11-6-4-3-5-10(11)13(14,15)16/h3-6,9,17-18H,2,7-8H2,1H3. The average Bonchev–Trinajstić information content (AvgIpc) is 2.36. The van der Waals surface area contributed by atoms with Gasteiger partial charge in [0, 0.05) is 12.2 Å². The number of hydrogen-bond donors (Lipinski definition) is 2. The lowest BCUT2D eigenvalue weighted by atomic mass is 10.1. The van der Waals surface area contributed by atoms with E-state index in [1.807, 2.05) is 0 Å². The van der Waals surface area contributed by atoms with Gasteiger partial charge in [-0.3, -0.25) is 4.79 Å². The molecular formula is C13H16F3NO3. The van der Waals surface area contributed by atoms with E-state index in [1.165, 1.54) is 18.2 Å². The summed E-state index contributed by atoms with van der Waals surface area (Å²) >= 11 is 0. The van der Waals surface area contributed by atoms with Gasteiger partial charge in [0.1, 0.15) is 0 Å². The number of aliphatic hydroxyl groups is 1. The van der Waals surface area contributed by atoms with E-state index >= 15 is 0 Å². The molecule has 1 rings (SSSR count). The predicted octanol–water partition coefficient (Wildman–Crippen LogP) is 2.43. The number of aliphatic hydroxyl groups excluding tert-OH is 1. The van der Waals surface area contributed by atoms with Gasteiger partial charge in [0.2, 0.25) is 0 Å². The van der Waals surface area contributed by atoms with Crippen LogP contribution in [-0.4, -0.2) is 30.3 Å². The molecular weight excluding hydrogens is 275 g/mol. The summed E-state index contributed by atoms with van der Waals surface area (Å²) in [5.74, 6) is -0.592. The van der Waals surface area contributed by atoms with Gasteiger partial charge in [0.15, 0.2) is 0 Å². The zero-order valence-corrected chi connectivity index (χ0v) is 10.9. The summed E-state index contributed by atoms with van der Waals surface area (Å²) in [6.45, 7) is 1.64. The molecule has 1 aromatic carbocycles. The number of carbonyl (C=O) groups is 1. The largest absolute Gasteiger partial charge is 0.466 e. The van der Waals surface area contributed by atoms with Gasteiger partial charge >= 0.3 is 12.1 Å². The van der Waals surface area contributed by atoms with Crippen LogP contribution in [0, 0.1) is 0 Å². The minimum atomic E-state index is -4.48. The number of carbonyl (C=O) groups excluding carboxylic acids is 1. The minimum absolute atomic E-state index is 0.136. The van der Waals surface area contributed by atoms with Crippen LogP contribution in [0.15, 0.2) is 24.3 Å². The van der Waals surface area contributed by atoms with E-state index in [-0.39, 0.29) is 25.3 Å². The highest BCUT2D eigenvalue weighted by Gasteiger charge is 2.33. The number of ether oxygens (including phenoxy) is 1. The van der Waals surface area contributed by atoms with Crippen LogP contribution < -0.4 is 5.32 Å². The molecule has 2 N–H and O–H groups in total. The highest BCUT2D eigenvalue weighted by molar-refractivity contribution is 5.70. The highest BCUT2D eigenvalue weighted by Crippen LogP contribution is 2.34. The maximum atomic E-state index is 12.7. The molecule has 1 atom stereocenters. The molecule has 0 fully saturated rings. The summed E-state index contributed by atoms with van der Waals surface area (Å²) < 4.78 is 42.8. The Hall–Kier alpha value is -1.76. The lowest BCUT2D eigenvalue weighted by Crippen LogP contribution is -2.24. The Balaban J connectivity index is 2.60. The molecule has 0 aliphatic heterocycles. The van der Waals surface area contributed by atoms with Crippen LogP contribution in [0.2, 0.25) is 0 Å². The van der Waals surface area contributed by atoms with E-state index in [0.717, 1.165) is 6.07 Å². The van der Waals surface area contributed by atoms with Crippen LogP contribution in [0.5, 0.6) is 0 Å². The third-order valence-electron chi connectivity index (χ3n) is 2.47. The summed E-state index contributed by atoms with van der Waals surface area (Å²) in [4.78, 5) is 11.1. The number of benzene rings is 1. The SMILES string of the molecule is CCOC(=O)CC(O)CNc1ccccc1C(F)(F)F. The number of hydrogen-bond acceptors (Lipinski definition) is 4. The highest BCUT2D eigenvalue weighted by atomic mass is 19.4. The molecule has 4 nitrogen and oxygen atoms in total. The van der Waals surface area contributed by atoms with Crippen molar-refractivity contribution in [2.24, 2.45) is 0 Å². The number of anilines is 1. The van der Waals surface area contributed by atoms with Gasteiger partial charge in [0.05, 0.1) is 24.7 Å². The minimum Gasteiger partial charge on any atom is -0.466 e. The van der Waals surface area contributed by atoms with Crippen molar-refractivity contribution in [1.29, 1.82) is 0 Å². The van der Waals surface area contributed by atoms with Crippen molar-refractivity contribution in [3.63, 3.8) is 0 Å². The second kappa shape index (κ2) is 7.14. The molecule has 20 heavy (non-hydrogen) atoms. The summed E-state index contributed by atoms with van der Waals surface area (Å²) in [5.41, 5.74) is -0.953. The van der Waals surface area contributed by atoms with Gasteiger partial charge in [-0.05, 0) is 19.1 Å². The van der Waals surface area contributed by atoms with E-state index in [9.17, 15) is 23.1 Å². The van der Waals surface area contributed by atoms with E-state index in [0.29, 0.717) is 0 Å². The lowest BCUT2D eigenvalue weighted by molar-refractivity contribution is -0.145. The Morgan fingerprint density at radius 3 is 2.65 bits per heavy atom. The molecule has 7 heteroatoms. The zero-order chi connectivity index (χ0) is 15.2. The lowest BCUT2D eigenvalue weighted by Gasteiger charge is -2.16. The van der Waals surface area contributed by atoms with Crippen molar-refractivity contribution in [1.82, 2.24) is 0 Å². The zero-order valence-electron chi connectivity index (χ0n) is 10.9. The normalized spacial score (nSPS) is 12.8. The second-order valence-corrected chi connectivity index (χ2v) is 4.09. The maximum Gasteiger partial charge on any atom is 0.418 e. The third-order valence-corrected chi connectivity index (χ3v) is 2.47. The van der Waals surface area contributed by atoms with Gasteiger partial charge in [-0.15, -0.1) is 0 Å². The Labute approximate surface area is 114 Å². The van der Waals surface area contributed by atoms with Gasteiger partial charge in [-0.2, -0.15) is 13.2 Å². The van der Waals surface area contributed by atoms with Crippen molar-refractivity contribution in [3.8, 4) is 0 Å². The topological polar surface area (TPSA) is 58.6 Å². The fraction of sp³-hybridized carbons (Fsp3) is 0.462. The van der Waals surface area contributed by atoms with Gasteiger partial charge in [-0.25, -0.2) is 0 Å². The van der Waals surface area contributed by atoms with Crippen molar-refractivity contribution in [3.05, 3.63) is 29.8 Å². The number of rotatable bonds is 6. The first-order valence-corrected chi connectivity index (χ1v) is 6.08. The molecule has 0 amide bonds. The average molecular weight is 291 g/mol. The van der Waals surface area contributed by atoms with Crippen molar-refractivity contribution < 1.29 is 27.8 Å². The molecule has 0 saturated carbocycles.